The molecule has 1 N–H and O–H groups in total. The SMILES string of the molecule is CCNC(=NCc1cc(OC)c(OC)c(OC)c1)N1CCC(C)(C)C1. The number of nitrogens with zero attached hydrogens (tertiary/aromatic N) is 2. The molecule has 1 fully saturated rings. The van der Waals surface area contributed by atoms with E-state index >= 15 is 0 Å². The molecule has 1 aliphatic rings. The van der Waals surface area contributed by atoms with Crippen molar-refractivity contribution >= 4 is 5.96 Å². The van der Waals surface area contributed by atoms with Gasteiger partial charge in [-0.1, -0.05) is 13.8 Å². The van der Waals surface area contributed by atoms with Gasteiger partial charge >= 0.3 is 0 Å². The number of nitrogens with one attached hydrogen (secondary N) is 1. The van der Waals surface area contributed by atoms with Gasteiger partial charge in [-0.15, -0.1) is 0 Å². The molecule has 1 aromatic carbocycles. The molecule has 2 rings (SSSR count). The maximum absolute atomic E-state index is 5.42. The highest BCUT2D eigenvalue weighted by atomic mass is 16.5. The molecule has 1 heterocycles. The van der Waals surface area contributed by atoms with E-state index in [1.54, 1.807) is 21.3 Å². The van der Waals surface area contributed by atoms with Crippen molar-refractivity contribution in [3.05, 3.63) is 17.7 Å². The lowest BCUT2D eigenvalue weighted by atomic mass is 9.93. The highest BCUT2D eigenvalue weighted by molar-refractivity contribution is 5.80. The molecule has 0 spiro atoms. The van der Waals surface area contributed by atoms with Crippen LogP contribution in [0.3, 0.4) is 0 Å². The monoisotopic (exact) mass is 349 g/mol. The molecule has 6 nitrogen and oxygen atoms in total. The molecule has 0 unspecified atom stereocenters. The summed E-state index contributed by atoms with van der Waals surface area (Å²) in [6.45, 7) is 10.2. The number of hydrogen-bond donors (Lipinski definition) is 1. The topological polar surface area (TPSA) is 55.3 Å². The Bertz CT molecular complexity index is 589. The van der Waals surface area contributed by atoms with Crippen LogP contribution < -0.4 is 19.5 Å². The van der Waals surface area contributed by atoms with Gasteiger partial charge in [0.15, 0.2) is 17.5 Å². The molecule has 0 amide bonds. The van der Waals surface area contributed by atoms with Crippen molar-refractivity contribution in [2.24, 2.45) is 10.4 Å². The zero-order valence-corrected chi connectivity index (χ0v) is 16.3. The average molecular weight is 349 g/mol. The van der Waals surface area contributed by atoms with Crippen LogP contribution in [-0.2, 0) is 6.54 Å². The molecule has 0 radical (unpaired) electrons. The van der Waals surface area contributed by atoms with Gasteiger partial charge in [-0.2, -0.15) is 0 Å². The van der Waals surface area contributed by atoms with Gasteiger partial charge < -0.3 is 24.4 Å². The number of benzene rings is 1. The fourth-order valence-corrected chi connectivity index (χ4v) is 3.11. The lowest BCUT2D eigenvalue weighted by Crippen LogP contribution is -2.40. The number of likely N-dealkylation sites (tertiary alicyclic amines) is 1. The van der Waals surface area contributed by atoms with Crippen LogP contribution in [-0.4, -0.2) is 51.8 Å². The molecule has 0 aromatic heterocycles. The van der Waals surface area contributed by atoms with Crippen molar-refractivity contribution in [1.29, 1.82) is 0 Å². The lowest BCUT2D eigenvalue weighted by Gasteiger charge is -2.23. The van der Waals surface area contributed by atoms with E-state index in [2.05, 4.69) is 31.0 Å². The Labute approximate surface area is 151 Å². The van der Waals surface area contributed by atoms with E-state index < -0.39 is 0 Å². The number of guanidine groups is 1. The standard InChI is InChI=1S/C19H31N3O3/c1-7-20-18(22-9-8-19(2,3)13-22)21-12-14-10-15(23-4)17(25-6)16(11-14)24-5/h10-11H,7-9,12-13H2,1-6H3,(H,20,21). The summed E-state index contributed by atoms with van der Waals surface area (Å²) in [6.07, 6.45) is 1.18. The van der Waals surface area contributed by atoms with E-state index in [4.69, 9.17) is 19.2 Å². The molecule has 1 saturated heterocycles. The van der Waals surface area contributed by atoms with E-state index in [1.807, 2.05) is 12.1 Å². The Hall–Kier alpha value is -2.11. The summed E-state index contributed by atoms with van der Waals surface area (Å²) < 4.78 is 16.2. The van der Waals surface area contributed by atoms with Gasteiger partial charge in [0.2, 0.25) is 5.75 Å². The Morgan fingerprint density at radius 2 is 1.80 bits per heavy atom. The van der Waals surface area contributed by atoms with Gasteiger partial charge in [0, 0.05) is 19.6 Å². The van der Waals surface area contributed by atoms with Gasteiger partial charge in [-0.25, -0.2) is 4.99 Å². The Morgan fingerprint density at radius 3 is 2.24 bits per heavy atom. The molecular weight excluding hydrogens is 318 g/mol. The summed E-state index contributed by atoms with van der Waals surface area (Å²) in [5.74, 6) is 2.87. The van der Waals surface area contributed by atoms with Crippen LogP contribution in [0.1, 0.15) is 32.8 Å². The van der Waals surface area contributed by atoms with E-state index in [0.29, 0.717) is 29.2 Å². The minimum Gasteiger partial charge on any atom is -0.493 e. The lowest BCUT2D eigenvalue weighted by molar-refractivity contribution is 0.324. The number of hydrogen-bond acceptors (Lipinski definition) is 4. The number of aliphatic imine (C=N–C) groups is 1. The maximum atomic E-state index is 5.42. The van der Waals surface area contributed by atoms with Crippen LogP contribution >= 0.6 is 0 Å². The van der Waals surface area contributed by atoms with Crippen LogP contribution in [0.5, 0.6) is 17.2 Å². The summed E-state index contributed by atoms with van der Waals surface area (Å²) in [7, 11) is 4.86. The molecule has 0 bridgehead atoms. The number of rotatable bonds is 6. The normalized spacial score (nSPS) is 16.7. The molecule has 6 heteroatoms. The van der Waals surface area contributed by atoms with Crippen molar-refractivity contribution < 1.29 is 14.2 Å². The molecule has 0 atom stereocenters. The van der Waals surface area contributed by atoms with Crippen molar-refractivity contribution in [2.75, 3.05) is 41.0 Å². The van der Waals surface area contributed by atoms with Gasteiger partial charge in [0.1, 0.15) is 0 Å². The van der Waals surface area contributed by atoms with Crippen molar-refractivity contribution in [1.82, 2.24) is 10.2 Å². The fraction of sp³-hybridized carbons (Fsp3) is 0.632. The first kappa shape index (κ1) is 19.2. The van der Waals surface area contributed by atoms with Crippen LogP contribution in [0.4, 0.5) is 0 Å². The zero-order valence-electron chi connectivity index (χ0n) is 16.3. The first-order chi connectivity index (χ1) is 11.9. The van der Waals surface area contributed by atoms with Crippen LogP contribution in [0, 0.1) is 5.41 Å². The largest absolute Gasteiger partial charge is 0.493 e. The molecule has 1 aromatic rings. The number of ether oxygens (including phenoxy) is 3. The third-order valence-electron chi connectivity index (χ3n) is 4.45. The molecule has 140 valence electrons. The minimum absolute atomic E-state index is 0.336. The average Bonchev–Trinajstić information content (AvgIpc) is 2.97. The second-order valence-electron chi connectivity index (χ2n) is 7.04. The summed E-state index contributed by atoms with van der Waals surface area (Å²) in [6, 6.07) is 3.89. The molecular formula is C19H31N3O3. The highest BCUT2D eigenvalue weighted by Gasteiger charge is 2.30. The Morgan fingerprint density at radius 1 is 1.16 bits per heavy atom. The second kappa shape index (κ2) is 8.32. The highest BCUT2D eigenvalue weighted by Crippen LogP contribution is 2.38. The van der Waals surface area contributed by atoms with E-state index in [0.717, 1.165) is 31.2 Å². The third-order valence-corrected chi connectivity index (χ3v) is 4.45. The molecule has 0 saturated carbocycles. The van der Waals surface area contributed by atoms with E-state index in [1.165, 1.54) is 6.42 Å². The third kappa shape index (κ3) is 4.71. The van der Waals surface area contributed by atoms with E-state index in [9.17, 15) is 0 Å². The van der Waals surface area contributed by atoms with Gasteiger partial charge in [-0.05, 0) is 36.5 Å². The molecule has 0 aliphatic carbocycles. The minimum atomic E-state index is 0.336. The Kier molecular flexibility index (Phi) is 6.39. The van der Waals surface area contributed by atoms with Crippen molar-refractivity contribution in [2.45, 2.75) is 33.7 Å². The zero-order chi connectivity index (χ0) is 18.4. The first-order valence-electron chi connectivity index (χ1n) is 8.76. The summed E-state index contributed by atoms with van der Waals surface area (Å²) in [5, 5.41) is 3.40. The Balaban J connectivity index is 2.22. The fourth-order valence-electron chi connectivity index (χ4n) is 3.11. The summed E-state index contributed by atoms with van der Waals surface area (Å²) in [5.41, 5.74) is 1.35. The second-order valence-corrected chi connectivity index (χ2v) is 7.04. The van der Waals surface area contributed by atoms with Crippen molar-refractivity contribution in [3.63, 3.8) is 0 Å². The molecule has 25 heavy (non-hydrogen) atoms. The van der Waals surface area contributed by atoms with Crippen molar-refractivity contribution in [3.8, 4) is 17.2 Å². The van der Waals surface area contributed by atoms with E-state index in [-0.39, 0.29) is 0 Å². The smallest absolute Gasteiger partial charge is 0.203 e. The van der Waals surface area contributed by atoms with Gasteiger partial charge in [0.25, 0.3) is 0 Å². The van der Waals surface area contributed by atoms with Crippen LogP contribution in [0.15, 0.2) is 17.1 Å². The first-order valence-corrected chi connectivity index (χ1v) is 8.76. The summed E-state index contributed by atoms with van der Waals surface area (Å²) >= 11 is 0. The summed E-state index contributed by atoms with van der Waals surface area (Å²) in [4.78, 5) is 7.15. The predicted molar refractivity (Wildman–Crippen MR) is 101 cm³/mol. The van der Waals surface area contributed by atoms with Crippen LogP contribution in [0.2, 0.25) is 0 Å². The van der Waals surface area contributed by atoms with Gasteiger partial charge in [-0.3, -0.25) is 0 Å². The number of methoxy groups -OCH3 is 3. The molecule has 1 aliphatic heterocycles. The quantitative estimate of drug-likeness (QED) is 0.632. The van der Waals surface area contributed by atoms with Crippen LogP contribution in [0.25, 0.3) is 0 Å². The maximum Gasteiger partial charge on any atom is 0.203 e. The van der Waals surface area contributed by atoms with Gasteiger partial charge in [0.05, 0.1) is 27.9 Å². The predicted octanol–water partition coefficient (Wildman–Crippen LogP) is 2.91.